The van der Waals surface area contributed by atoms with Crippen molar-refractivity contribution in [2.24, 2.45) is 0 Å². The van der Waals surface area contributed by atoms with Crippen molar-refractivity contribution in [3.05, 3.63) is 16.8 Å². The largest absolute Gasteiger partial charge is 0.352 e. The molecule has 2 rings (SSSR count). The van der Waals surface area contributed by atoms with Crippen molar-refractivity contribution >= 4 is 16.6 Å². The Kier molecular flexibility index (Phi) is 5.74. The van der Waals surface area contributed by atoms with Crippen LogP contribution in [0.3, 0.4) is 0 Å². The van der Waals surface area contributed by atoms with Crippen molar-refractivity contribution in [3.8, 4) is 6.07 Å². The Hall–Kier alpha value is -1.48. The third-order valence-corrected chi connectivity index (χ3v) is 7.26. The van der Waals surface area contributed by atoms with Crippen molar-refractivity contribution in [2.75, 3.05) is 23.7 Å². The molecule has 1 aliphatic rings. The third-order valence-electron chi connectivity index (χ3n) is 5.04. The van der Waals surface area contributed by atoms with Gasteiger partial charge in [-0.1, -0.05) is 27.7 Å². The van der Waals surface area contributed by atoms with E-state index in [0.717, 1.165) is 36.9 Å². The van der Waals surface area contributed by atoms with E-state index in [4.69, 9.17) is 0 Å². The molecule has 1 aromatic heterocycles. The van der Waals surface area contributed by atoms with Crippen molar-refractivity contribution < 1.29 is 4.21 Å². The lowest BCUT2D eigenvalue weighted by Gasteiger charge is -2.41. The van der Waals surface area contributed by atoms with Crippen LogP contribution in [0.25, 0.3) is 0 Å². The van der Waals surface area contributed by atoms with E-state index in [-0.39, 0.29) is 4.75 Å². The van der Waals surface area contributed by atoms with Crippen LogP contribution in [-0.4, -0.2) is 38.0 Å². The first kappa shape index (κ1) is 17.9. The van der Waals surface area contributed by atoms with Crippen LogP contribution in [0.4, 0.5) is 5.82 Å². The Labute approximate surface area is 141 Å². The zero-order chi connectivity index (χ0) is 17.0. The molecule has 1 atom stereocenters. The second-order valence-electron chi connectivity index (χ2n) is 6.00. The number of hydrogen-bond donors (Lipinski definition) is 0. The molecule has 1 unspecified atom stereocenters. The first-order valence-electron chi connectivity index (χ1n) is 8.48. The minimum Gasteiger partial charge on any atom is -0.352 e. The van der Waals surface area contributed by atoms with Gasteiger partial charge in [-0.3, -0.25) is 4.21 Å². The molecule has 0 radical (unpaired) electrons. The van der Waals surface area contributed by atoms with Gasteiger partial charge >= 0.3 is 0 Å². The molecule has 0 aromatic carbocycles. The quantitative estimate of drug-likeness (QED) is 0.828. The molecule has 0 N–H and O–H groups in total. The topological polar surface area (TPSA) is 69.9 Å². The lowest BCUT2D eigenvalue weighted by Crippen LogP contribution is -2.53. The summed E-state index contributed by atoms with van der Waals surface area (Å²) < 4.78 is 12.3. The average Bonchev–Trinajstić information content (AvgIpc) is 2.60. The van der Waals surface area contributed by atoms with Crippen LogP contribution in [0, 0.1) is 11.3 Å². The van der Waals surface area contributed by atoms with Crippen molar-refractivity contribution in [1.29, 1.82) is 5.26 Å². The van der Waals surface area contributed by atoms with E-state index in [1.54, 1.807) is 0 Å². The maximum absolute atomic E-state index is 12.5. The van der Waals surface area contributed by atoms with Crippen molar-refractivity contribution in [3.63, 3.8) is 0 Å². The highest BCUT2D eigenvalue weighted by atomic mass is 32.2. The molecule has 1 aliphatic heterocycles. The van der Waals surface area contributed by atoms with Gasteiger partial charge in [0.25, 0.3) is 0 Å². The summed E-state index contributed by atoms with van der Waals surface area (Å²) in [5.74, 6) is 1.30. The number of anilines is 1. The number of hydrogen-bond acceptors (Lipinski definition) is 5. The first-order valence-corrected chi connectivity index (χ1v) is 9.80. The van der Waals surface area contributed by atoms with Gasteiger partial charge in [0, 0.05) is 29.6 Å². The SMILES string of the molecule is CCc1nnc(N2CCS(=O)C(CC)(CC)C2)c(C#N)c1CC. The van der Waals surface area contributed by atoms with Crippen molar-refractivity contribution in [1.82, 2.24) is 10.2 Å². The maximum Gasteiger partial charge on any atom is 0.169 e. The van der Waals surface area contributed by atoms with E-state index in [2.05, 4.69) is 41.9 Å². The fourth-order valence-corrected chi connectivity index (χ4v) is 5.15. The lowest BCUT2D eigenvalue weighted by atomic mass is 9.99. The third kappa shape index (κ3) is 3.12. The number of nitrogens with zero attached hydrogens (tertiary/aromatic N) is 4. The summed E-state index contributed by atoms with van der Waals surface area (Å²) in [6.45, 7) is 9.64. The molecule has 0 amide bonds. The molecule has 2 heterocycles. The molecule has 23 heavy (non-hydrogen) atoms. The van der Waals surface area contributed by atoms with Crippen LogP contribution >= 0.6 is 0 Å². The van der Waals surface area contributed by atoms with E-state index in [0.29, 0.717) is 30.2 Å². The summed E-state index contributed by atoms with van der Waals surface area (Å²) in [5, 5.41) is 18.4. The van der Waals surface area contributed by atoms with Gasteiger partial charge in [-0.15, -0.1) is 5.10 Å². The van der Waals surface area contributed by atoms with Gasteiger partial charge in [0.15, 0.2) is 5.82 Å². The fourth-order valence-electron chi connectivity index (χ4n) is 3.39. The molecule has 0 saturated carbocycles. The summed E-state index contributed by atoms with van der Waals surface area (Å²) >= 11 is 0. The van der Waals surface area contributed by atoms with E-state index in [1.807, 2.05) is 6.92 Å². The molecule has 1 fully saturated rings. The predicted octanol–water partition coefficient (Wildman–Crippen LogP) is 2.60. The first-order chi connectivity index (χ1) is 11.1. The Balaban J connectivity index is 2.47. The monoisotopic (exact) mass is 334 g/mol. The number of aromatic nitrogens is 2. The zero-order valence-electron chi connectivity index (χ0n) is 14.6. The minimum absolute atomic E-state index is 0.206. The van der Waals surface area contributed by atoms with Crippen LogP contribution in [-0.2, 0) is 23.6 Å². The standard InChI is InChI=1S/C17H26N4OS/c1-5-13-14(11-18)16(20-19-15(13)6-2)21-9-10-23(22)17(7-3,8-4)12-21/h5-10,12H2,1-4H3. The molecule has 1 saturated heterocycles. The average molecular weight is 334 g/mol. The van der Waals surface area contributed by atoms with E-state index < -0.39 is 10.8 Å². The molecule has 5 nitrogen and oxygen atoms in total. The van der Waals surface area contributed by atoms with Crippen LogP contribution in [0.1, 0.15) is 57.4 Å². The van der Waals surface area contributed by atoms with Gasteiger partial charge in [0.05, 0.1) is 10.4 Å². The van der Waals surface area contributed by atoms with Gasteiger partial charge in [0.1, 0.15) is 11.6 Å². The second-order valence-corrected chi connectivity index (χ2v) is 7.97. The summed E-state index contributed by atoms with van der Waals surface area (Å²) in [5.41, 5.74) is 2.56. The highest BCUT2D eigenvalue weighted by Gasteiger charge is 2.40. The van der Waals surface area contributed by atoms with E-state index >= 15 is 0 Å². The van der Waals surface area contributed by atoms with Gasteiger partial charge in [-0.25, -0.2) is 0 Å². The smallest absolute Gasteiger partial charge is 0.169 e. The Bertz CT molecular complexity index is 634. The Morgan fingerprint density at radius 1 is 1.22 bits per heavy atom. The highest BCUT2D eigenvalue weighted by molar-refractivity contribution is 7.86. The van der Waals surface area contributed by atoms with E-state index in [9.17, 15) is 9.47 Å². The highest BCUT2D eigenvalue weighted by Crippen LogP contribution is 2.32. The fraction of sp³-hybridized carbons (Fsp3) is 0.706. The maximum atomic E-state index is 12.5. The second kappa shape index (κ2) is 7.39. The number of rotatable bonds is 5. The molecule has 6 heteroatoms. The molecule has 0 aliphatic carbocycles. The van der Waals surface area contributed by atoms with Gasteiger partial charge in [0.2, 0.25) is 0 Å². The number of aryl methyl sites for hydroxylation is 1. The van der Waals surface area contributed by atoms with Crippen LogP contribution in [0.15, 0.2) is 0 Å². The Morgan fingerprint density at radius 2 is 1.91 bits per heavy atom. The van der Waals surface area contributed by atoms with Crippen LogP contribution in [0.2, 0.25) is 0 Å². The molecule has 0 spiro atoms. The van der Waals surface area contributed by atoms with E-state index in [1.165, 1.54) is 0 Å². The van der Waals surface area contributed by atoms with Gasteiger partial charge in [-0.2, -0.15) is 10.4 Å². The van der Waals surface area contributed by atoms with Crippen molar-refractivity contribution in [2.45, 2.75) is 58.1 Å². The molecular weight excluding hydrogens is 308 g/mol. The minimum atomic E-state index is -0.826. The molecule has 0 bridgehead atoms. The summed E-state index contributed by atoms with van der Waals surface area (Å²) in [4.78, 5) is 2.12. The lowest BCUT2D eigenvalue weighted by molar-refractivity contribution is 0.493. The summed E-state index contributed by atoms with van der Waals surface area (Å²) in [6.07, 6.45) is 3.30. The van der Waals surface area contributed by atoms with Gasteiger partial charge < -0.3 is 4.90 Å². The van der Waals surface area contributed by atoms with Crippen LogP contribution < -0.4 is 4.90 Å². The normalized spacial score (nSPS) is 20.3. The molecule has 126 valence electrons. The summed E-state index contributed by atoms with van der Waals surface area (Å²) in [6, 6.07) is 2.34. The van der Waals surface area contributed by atoms with Crippen LogP contribution in [0.5, 0.6) is 0 Å². The molecule has 1 aromatic rings. The zero-order valence-corrected chi connectivity index (χ0v) is 15.4. The predicted molar refractivity (Wildman–Crippen MR) is 94.0 cm³/mol. The van der Waals surface area contributed by atoms with Gasteiger partial charge in [-0.05, 0) is 31.2 Å². The summed E-state index contributed by atoms with van der Waals surface area (Å²) in [7, 11) is -0.826. The number of nitriles is 1. The Morgan fingerprint density at radius 3 is 2.43 bits per heavy atom. The molecular formula is C17H26N4OS.